The maximum atomic E-state index is 10.7. The summed E-state index contributed by atoms with van der Waals surface area (Å²) < 4.78 is 12.5. The molecule has 0 saturated heterocycles. The van der Waals surface area contributed by atoms with E-state index in [1.54, 1.807) is 31.1 Å². The predicted octanol–water partition coefficient (Wildman–Crippen LogP) is 2.02. The summed E-state index contributed by atoms with van der Waals surface area (Å²) in [6.07, 6.45) is 8.72. The number of hydrogen-bond donors (Lipinski definition) is 3. The minimum atomic E-state index is -1.08. The van der Waals surface area contributed by atoms with E-state index in [2.05, 4.69) is 26.6 Å². The standard InChI is InChI=1S/C21H29N5O3.HI/c1-6-10-29-19-11-16(8-9-18(19)28-5)12-23-20(22-7-2)24-15-21(3,27)17-13-25-26(4)14-17;/h1,8-9,11,13-14,27H,7,10,12,15H2,2-5H3,(H2,22,23,24);1H. The van der Waals surface area contributed by atoms with E-state index < -0.39 is 5.60 Å². The lowest BCUT2D eigenvalue weighted by Gasteiger charge is -2.23. The van der Waals surface area contributed by atoms with Gasteiger partial charge in [-0.25, -0.2) is 4.99 Å². The molecule has 0 aliphatic carbocycles. The summed E-state index contributed by atoms with van der Waals surface area (Å²) in [7, 11) is 3.40. The largest absolute Gasteiger partial charge is 0.493 e. The summed E-state index contributed by atoms with van der Waals surface area (Å²) >= 11 is 0. The highest BCUT2D eigenvalue weighted by atomic mass is 127. The number of halogens is 1. The van der Waals surface area contributed by atoms with Gasteiger partial charge in [-0.3, -0.25) is 4.68 Å². The smallest absolute Gasteiger partial charge is 0.191 e. The average Bonchev–Trinajstić information content (AvgIpc) is 3.16. The van der Waals surface area contributed by atoms with Gasteiger partial charge in [0.1, 0.15) is 12.2 Å². The minimum absolute atomic E-state index is 0. The van der Waals surface area contributed by atoms with Crippen molar-refractivity contribution in [1.29, 1.82) is 0 Å². The van der Waals surface area contributed by atoms with Crippen molar-refractivity contribution in [3.8, 4) is 23.8 Å². The third-order valence-electron chi connectivity index (χ3n) is 4.23. The highest BCUT2D eigenvalue weighted by Gasteiger charge is 2.25. The van der Waals surface area contributed by atoms with Crippen LogP contribution in [0.1, 0.15) is 25.0 Å². The number of aryl methyl sites for hydroxylation is 1. The topological polar surface area (TPSA) is 92.9 Å². The zero-order valence-electron chi connectivity index (χ0n) is 17.8. The first-order chi connectivity index (χ1) is 13.9. The van der Waals surface area contributed by atoms with Crippen LogP contribution in [0.3, 0.4) is 0 Å². The first-order valence-corrected chi connectivity index (χ1v) is 9.36. The van der Waals surface area contributed by atoms with Crippen LogP contribution < -0.4 is 20.1 Å². The fourth-order valence-corrected chi connectivity index (χ4v) is 2.62. The predicted molar refractivity (Wildman–Crippen MR) is 128 cm³/mol. The molecule has 0 bridgehead atoms. The Morgan fingerprint density at radius 2 is 2.13 bits per heavy atom. The Morgan fingerprint density at radius 3 is 2.73 bits per heavy atom. The van der Waals surface area contributed by atoms with Crippen molar-refractivity contribution in [2.75, 3.05) is 26.8 Å². The maximum Gasteiger partial charge on any atom is 0.191 e. The van der Waals surface area contributed by atoms with Crippen molar-refractivity contribution in [3.05, 3.63) is 41.7 Å². The second kappa shape index (κ2) is 12.3. The molecule has 0 saturated carbocycles. The molecule has 9 heteroatoms. The van der Waals surface area contributed by atoms with E-state index in [1.165, 1.54) is 0 Å². The maximum absolute atomic E-state index is 10.7. The molecule has 0 aliphatic rings. The van der Waals surface area contributed by atoms with Crippen molar-refractivity contribution in [2.45, 2.75) is 26.0 Å². The summed E-state index contributed by atoms with van der Waals surface area (Å²) in [5, 5.41) is 21.2. The summed E-state index contributed by atoms with van der Waals surface area (Å²) in [5.41, 5.74) is 0.587. The van der Waals surface area contributed by atoms with E-state index in [-0.39, 0.29) is 37.1 Å². The van der Waals surface area contributed by atoms with Crippen molar-refractivity contribution >= 4 is 29.9 Å². The summed E-state index contributed by atoms with van der Waals surface area (Å²) in [4.78, 5) is 4.59. The van der Waals surface area contributed by atoms with Gasteiger partial charge in [-0.05, 0) is 31.5 Å². The quantitative estimate of drug-likeness (QED) is 0.200. The molecular weight excluding hydrogens is 497 g/mol. The van der Waals surface area contributed by atoms with Crippen LogP contribution >= 0.6 is 24.0 Å². The molecule has 1 unspecified atom stereocenters. The Hall–Kier alpha value is -2.45. The molecular formula is C21H30IN5O3. The molecule has 1 atom stereocenters. The highest BCUT2D eigenvalue weighted by molar-refractivity contribution is 14.0. The number of benzene rings is 1. The first kappa shape index (κ1) is 25.6. The molecule has 0 spiro atoms. The number of aliphatic imine (C=N–C) groups is 1. The summed E-state index contributed by atoms with van der Waals surface area (Å²) in [6, 6.07) is 5.60. The fraction of sp³-hybridized carbons (Fsp3) is 0.429. The van der Waals surface area contributed by atoms with Gasteiger partial charge in [0.2, 0.25) is 0 Å². The lowest BCUT2D eigenvalue weighted by atomic mass is 10.00. The average molecular weight is 527 g/mol. The van der Waals surface area contributed by atoms with Gasteiger partial charge >= 0.3 is 0 Å². The number of ether oxygens (including phenoxy) is 2. The Morgan fingerprint density at radius 1 is 1.37 bits per heavy atom. The molecule has 1 aromatic carbocycles. The summed E-state index contributed by atoms with van der Waals surface area (Å²) in [5.74, 6) is 4.24. The molecule has 2 aromatic rings. The van der Waals surface area contributed by atoms with E-state index in [0.717, 1.165) is 11.1 Å². The van der Waals surface area contributed by atoms with Gasteiger partial charge in [0, 0.05) is 25.4 Å². The zero-order valence-corrected chi connectivity index (χ0v) is 20.1. The van der Waals surface area contributed by atoms with E-state index >= 15 is 0 Å². The molecule has 0 aliphatic heterocycles. The highest BCUT2D eigenvalue weighted by Crippen LogP contribution is 2.28. The van der Waals surface area contributed by atoms with Crippen LogP contribution in [0.4, 0.5) is 0 Å². The number of guanidine groups is 1. The second-order valence-electron chi connectivity index (χ2n) is 6.70. The third kappa shape index (κ3) is 7.42. The van der Waals surface area contributed by atoms with Crippen LogP contribution in [-0.4, -0.2) is 47.7 Å². The van der Waals surface area contributed by atoms with E-state index in [0.29, 0.717) is 30.5 Å². The Bertz CT molecular complexity index is 874. The Labute approximate surface area is 195 Å². The normalized spacial score (nSPS) is 12.9. The molecule has 0 amide bonds. The van der Waals surface area contributed by atoms with Crippen LogP contribution in [0, 0.1) is 12.3 Å². The van der Waals surface area contributed by atoms with Crippen LogP contribution in [0.25, 0.3) is 0 Å². The van der Waals surface area contributed by atoms with Crippen LogP contribution in [0.2, 0.25) is 0 Å². The Kier molecular flexibility index (Phi) is 10.5. The fourth-order valence-electron chi connectivity index (χ4n) is 2.62. The van der Waals surface area contributed by atoms with Gasteiger partial charge in [0.15, 0.2) is 17.5 Å². The number of rotatable bonds is 9. The van der Waals surface area contributed by atoms with Gasteiger partial charge < -0.3 is 25.2 Å². The lowest BCUT2D eigenvalue weighted by Crippen LogP contribution is -2.44. The molecule has 0 radical (unpaired) electrons. The van der Waals surface area contributed by atoms with E-state index in [4.69, 9.17) is 15.9 Å². The van der Waals surface area contributed by atoms with Crippen molar-refractivity contribution in [1.82, 2.24) is 20.4 Å². The molecule has 8 nitrogen and oxygen atoms in total. The van der Waals surface area contributed by atoms with E-state index in [9.17, 15) is 5.11 Å². The van der Waals surface area contributed by atoms with Gasteiger partial charge in [0.05, 0.1) is 26.4 Å². The summed E-state index contributed by atoms with van der Waals surface area (Å²) in [6.45, 7) is 5.27. The third-order valence-corrected chi connectivity index (χ3v) is 4.23. The molecule has 30 heavy (non-hydrogen) atoms. The number of nitrogens with one attached hydrogen (secondary N) is 2. The van der Waals surface area contributed by atoms with Crippen LogP contribution in [-0.2, 0) is 19.2 Å². The monoisotopic (exact) mass is 527 g/mol. The van der Waals surface area contributed by atoms with Crippen molar-refractivity contribution in [2.24, 2.45) is 12.0 Å². The molecule has 1 aromatic heterocycles. The molecule has 164 valence electrons. The number of terminal acetylenes is 1. The number of methoxy groups -OCH3 is 1. The van der Waals surface area contributed by atoms with Crippen LogP contribution in [0.5, 0.6) is 11.5 Å². The number of aromatic nitrogens is 2. The van der Waals surface area contributed by atoms with Crippen molar-refractivity contribution in [3.63, 3.8) is 0 Å². The molecule has 0 fully saturated rings. The van der Waals surface area contributed by atoms with Crippen molar-refractivity contribution < 1.29 is 14.6 Å². The molecule has 2 rings (SSSR count). The number of hydrogen-bond acceptors (Lipinski definition) is 5. The number of nitrogens with zero attached hydrogens (tertiary/aromatic N) is 3. The molecule has 1 heterocycles. The SMILES string of the molecule is C#CCOc1cc(CN=C(NCC)NCC(C)(O)c2cnn(C)c2)ccc1OC.I. The first-order valence-electron chi connectivity index (χ1n) is 9.36. The molecule has 3 N–H and O–H groups in total. The zero-order chi connectivity index (χ0) is 21.3. The van der Waals surface area contributed by atoms with Crippen LogP contribution in [0.15, 0.2) is 35.6 Å². The minimum Gasteiger partial charge on any atom is -0.493 e. The van der Waals surface area contributed by atoms with Gasteiger partial charge in [-0.1, -0.05) is 12.0 Å². The van der Waals surface area contributed by atoms with E-state index in [1.807, 2.05) is 32.2 Å². The van der Waals surface area contributed by atoms with Gasteiger partial charge in [-0.2, -0.15) is 5.10 Å². The Balaban J connectivity index is 0.00000450. The van der Waals surface area contributed by atoms with Gasteiger partial charge in [0.25, 0.3) is 0 Å². The second-order valence-corrected chi connectivity index (χ2v) is 6.70. The number of aliphatic hydroxyl groups is 1. The van der Waals surface area contributed by atoms with Gasteiger partial charge in [-0.15, -0.1) is 30.4 Å². The lowest BCUT2D eigenvalue weighted by molar-refractivity contribution is 0.0616.